The molecule has 6 heteroatoms. The molecule has 2 rings (SSSR count). The number of nitrogens with zero attached hydrogens (tertiary/aromatic N) is 4. The normalized spacial score (nSPS) is 17.4. The Morgan fingerprint density at radius 1 is 1.35 bits per heavy atom. The number of amides is 1. The quantitative estimate of drug-likeness (QED) is 0.797. The number of carbonyl (C=O) groups is 1. The molecule has 5 nitrogen and oxygen atoms in total. The maximum atomic E-state index is 11.7. The first kappa shape index (κ1) is 14.6. The van der Waals surface area contributed by atoms with Crippen LogP contribution >= 0.6 is 11.8 Å². The number of hydrazone groups is 1. The van der Waals surface area contributed by atoms with Gasteiger partial charge in [-0.05, 0) is 24.6 Å². The van der Waals surface area contributed by atoms with Crippen molar-refractivity contribution in [2.24, 2.45) is 10.1 Å². The van der Waals surface area contributed by atoms with Crippen molar-refractivity contribution in [3.8, 4) is 0 Å². The van der Waals surface area contributed by atoms with Gasteiger partial charge in [0.1, 0.15) is 0 Å². The highest BCUT2D eigenvalue weighted by Crippen LogP contribution is 2.19. The molecule has 1 aliphatic rings. The molecule has 1 heterocycles. The van der Waals surface area contributed by atoms with E-state index in [-0.39, 0.29) is 5.91 Å². The number of anilines is 1. The van der Waals surface area contributed by atoms with Crippen LogP contribution in [0.4, 0.5) is 5.69 Å². The van der Waals surface area contributed by atoms with Crippen LogP contribution in [0, 0.1) is 0 Å². The van der Waals surface area contributed by atoms with Gasteiger partial charge in [0.05, 0.1) is 12.0 Å². The summed E-state index contributed by atoms with van der Waals surface area (Å²) in [5.41, 5.74) is 2.08. The van der Waals surface area contributed by atoms with E-state index in [1.807, 2.05) is 50.2 Å². The van der Waals surface area contributed by atoms with Gasteiger partial charge in [0.15, 0.2) is 5.17 Å². The number of hydrogen-bond donors (Lipinski definition) is 0. The minimum atomic E-state index is -0.0247. The number of hydrogen-bond acceptors (Lipinski definition) is 5. The van der Waals surface area contributed by atoms with Gasteiger partial charge in [0.2, 0.25) is 0 Å². The lowest BCUT2D eigenvalue weighted by atomic mass is 10.2. The molecule has 1 aliphatic heterocycles. The van der Waals surface area contributed by atoms with Crippen molar-refractivity contribution in [3.63, 3.8) is 0 Å². The summed E-state index contributed by atoms with van der Waals surface area (Å²) in [6.07, 6.45) is 1.69. The van der Waals surface area contributed by atoms with Crippen LogP contribution < -0.4 is 4.90 Å². The fourth-order valence-electron chi connectivity index (χ4n) is 1.70. The maximum Gasteiger partial charge on any atom is 0.259 e. The van der Waals surface area contributed by atoms with E-state index in [0.717, 1.165) is 11.3 Å². The van der Waals surface area contributed by atoms with Crippen molar-refractivity contribution in [1.82, 2.24) is 5.01 Å². The lowest BCUT2D eigenvalue weighted by Crippen LogP contribution is -2.24. The van der Waals surface area contributed by atoms with Gasteiger partial charge in [-0.3, -0.25) is 9.79 Å². The molecule has 0 radical (unpaired) electrons. The standard InChI is InChI=1S/C14H18N4OS/c1-4-15-14-18(13(19)10-20-14)16-9-11-5-7-12(8-6-11)17(2)3/h5-9H,4,10H2,1-3H3/b15-14?,16-9+. The Morgan fingerprint density at radius 3 is 2.65 bits per heavy atom. The van der Waals surface area contributed by atoms with Crippen LogP contribution in [0.15, 0.2) is 34.4 Å². The summed E-state index contributed by atoms with van der Waals surface area (Å²) in [7, 11) is 3.99. The number of thioether (sulfide) groups is 1. The lowest BCUT2D eigenvalue weighted by molar-refractivity contribution is -0.124. The van der Waals surface area contributed by atoms with Gasteiger partial charge >= 0.3 is 0 Å². The fraction of sp³-hybridized carbons (Fsp3) is 0.357. The summed E-state index contributed by atoms with van der Waals surface area (Å²) in [6, 6.07) is 7.98. The molecule has 1 saturated heterocycles. The molecule has 0 aromatic heterocycles. The summed E-state index contributed by atoms with van der Waals surface area (Å²) >= 11 is 1.43. The lowest BCUT2D eigenvalue weighted by Gasteiger charge is -2.12. The van der Waals surface area contributed by atoms with Gasteiger partial charge in [-0.15, -0.1) is 0 Å². The van der Waals surface area contributed by atoms with Crippen molar-refractivity contribution in [2.45, 2.75) is 6.92 Å². The molecule has 20 heavy (non-hydrogen) atoms. The Balaban J connectivity index is 2.11. The Kier molecular flexibility index (Phi) is 4.79. The number of rotatable bonds is 4. The predicted octanol–water partition coefficient (Wildman–Crippen LogP) is 2.04. The van der Waals surface area contributed by atoms with E-state index in [4.69, 9.17) is 0 Å². The molecule has 0 aliphatic carbocycles. The third-order valence-electron chi connectivity index (χ3n) is 2.77. The van der Waals surface area contributed by atoms with E-state index in [1.54, 1.807) is 6.21 Å². The third kappa shape index (κ3) is 3.39. The molecule has 106 valence electrons. The van der Waals surface area contributed by atoms with Crippen LogP contribution in [0.1, 0.15) is 12.5 Å². The second-order valence-electron chi connectivity index (χ2n) is 4.48. The number of carbonyl (C=O) groups excluding carboxylic acids is 1. The molecule has 0 N–H and O–H groups in total. The van der Waals surface area contributed by atoms with Crippen LogP contribution in [-0.4, -0.2) is 48.7 Å². The van der Waals surface area contributed by atoms with Crippen molar-refractivity contribution in [1.29, 1.82) is 0 Å². The molecule has 1 aromatic rings. The molecular weight excluding hydrogens is 272 g/mol. The molecule has 1 aromatic carbocycles. The second-order valence-corrected chi connectivity index (χ2v) is 5.42. The van der Waals surface area contributed by atoms with E-state index < -0.39 is 0 Å². The Morgan fingerprint density at radius 2 is 2.05 bits per heavy atom. The Bertz CT molecular complexity index is 537. The average molecular weight is 290 g/mol. The minimum absolute atomic E-state index is 0.0247. The van der Waals surface area contributed by atoms with E-state index >= 15 is 0 Å². The van der Waals surface area contributed by atoms with Gasteiger partial charge in [-0.2, -0.15) is 10.1 Å². The first-order valence-electron chi connectivity index (χ1n) is 6.43. The van der Waals surface area contributed by atoms with E-state index in [0.29, 0.717) is 17.5 Å². The monoisotopic (exact) mass is 290 g/mol. The average Bonchev–Trinajstić information content (AvgIpc) is 2.78. The molecule has 0 spiro atoms. The molecule has 0 atom stereocenters. The van der Waals surface area contributed by atoms with Gasteiger partial charge in [-0.1, -0.05) is 23.9 Å². The summed E-state index contributed by atoms with van der Waals surface area (Å²) in [6.45, 7) is 2.59. The van der Waals surface area contributed by atoms with Crippen LogP contribution in [0.2, 0.25) is 0 Å². The van der Waals surface area contributed by atoms with Crippen molar-refractivity contribution < 1.29 is 4.79 Å². The molecule has 0 bridgehead atoms. The largest absolute Gasteiger partial charge is 0.378 e. The van der Waals surface area contributed by atoms with Gasteiger partial charge < -0.3 is 4.90 Å². The summed E-state index contributed by atoms with van der Waals surface area (Å²) < 4.78 is 0. The molecular formula is C14H18N4OS. The molecule has 0 unspecified atom stereocenters. The van der Waals surface area contributed by atoms with Crippen LogP contribution in [0.5, 0.6) is 0 Å². The SMILES string of the molecule is CCN=C1SCC(=O)N1/N=C/c1ccc(N(C)C)cc1. The molecule has 1 fully saturated rings. The fourth-order valence-corrected chi connectivity index (χ4v) is 2.57. The summed E-state index contributed by atoms with van der Waals surface area (Å²) in [5, 5.41) is 6.30. The maximum absolute atomic E-state index is 11.7. The van der Waals surface area contributed by atoms with Crippen molar-refractivity contribution in [3.05, 3.63) is 29.8 Å². The molecule has 1 amide bonds. The predicted molar refractivity (Wildman–Crippen MR) is 85.6 cm³/mol. The second kappa shape index (κ2) is 6.56. The van der Waals surface area contributed by atoms with Crippen molar-refractivity contribution in [2.75, 3.05) is 31.3 Å². The van der Waals surface area contributed by atoms with Gasteiger partial charge in [0.25, 0.3) is 5.91 Å². The van der Waals surface area contributed by atoms with Crippen molar-refractivity contribution >= 4 is 34.7 Å². The Labute approximate surface area is 123 Å². The number of benzene rings is 1. The van der Waals surface area contributed by atoms with Crippen LogP contribution in [0.3, 0.4) is 0 Å². The Hall–Kier alpha value is -1.82. The van der Waals surface area contributed by atoms with E-state index in [9.17, 15) is 4.79 Å². The number of aliphatic imine (C=N–C) groups is 1. The highest BCUT2D eigenvalue weighted by Gasteiger charge is 2.27. The van der Waals surface area contributed by atoms with Crippen LogP contribution in [-0.2, 0) is 4.79 Å². The zero-order valence-electron chi connectivity index (χ0n) is 11.9. The first-order chi connectivity index (χ1) is 9.61. The highest BCUT2D eigenvalue weighted by atomic mass is 32.2. The third-order valence-corrected chi connectivity index (χ3v) is 3.72. The molecule has 0 saturated carbocycles. The summed E-state index contributed by atoms with van der Waals surface area (Å²) in [5.74, 6) is 0.388. The van der Waals surface area contributed by atoms with Gasteiger partial charge in [-0.25, -0.2) is 0 Å². The number of amidine groups is 1. The first-order valence-corrected chi connectivity index (χ1v) is 7.42. The summed E-state index contributed by atoms with van der Waals surface area (Å²) in [4.78, 5) is 18.0. The van der Waals surface area contributed by atoms with E-state index in [2.05, 4.69) is 10.1 Å². The zero-order valence-corrected chi connectivity index (χ0v) is 12.7. The van der Waals surface area contributed by atoms with Gasteiger partial charge in [0, 0.05) is 26.3 Å². The van der Waals surface area contributed by atoms with E-state index in [1.165, 1.54) is 16.8 Å². The topological polar surface area (TPSA) is 48.3 Å². The smallest absolute Gasteiger partial charge is 0.259 e. The minimum Gasteiger partial charge on any atom is -0.378 e. The zero-order chi connectivity index (χ0) is 14.5. The van der Waals surface area contributed by atoms with Crippen LogP contribution in [0.25, 0.3) is 0 Å². The highest BCUT2D eigenvalue weighted by molar-refractivity contribution is 8.15.